The maximum atomic E-state index is 5.24. The van der Waals surface area contributed by atoms with Crippen LogP contribution in [0.2, 0.25) is 0 Å². The Morgan fingerprint density at radius 3 is 1.47 bits per heavy atom. The van der Waals surface area contributed by atoms with Crippen LogP contribution in [0.4, 0.5) is 0 Å². The van der Waals surface area contributed by atoms with E-state index in [1.54, 1.807) is 0 Å². The van der Waals surface area contributed by atoms with Crippen LogP contribution in [0.1, 0.15) is 0 Å². The molecule has 0 saturated carbocycles. The van der Waals surface area contributed by atoms with Gasteiger partial charge in [-0.1, -0.05) is 164 Å². The van der Waals surface area contributed by atoms with Crippen molar-refractivity contribution >= 4 is 54.4 Å². The summed E-state index contributed by atoms with van der Waals surface area (Å²) in [6, 6.07) is 81.0. The van der Waals surface area contributed by atoms with Gasteiger partial charge in [-0.25, -0.2) is 4.98 Å². The fourth-order valence-electron chi connectivity index (χ4n) is 9.29. The lowest BCUT2D eigenvalue weighted by Crippen LogP contribution is -1.96. The fraction of sp³-hybridized carbons (Fsp3) is 0. The number of nitrogens with zero attached hydrogens (tertiary/aromatic N) is 3. The Morgan fingerprint density at radius 2 is 0.767 bits per heavy atom. The molecule has 3 heteroatoms. The lowest BCUT2D eigenvalue weighted by Gasteiger charge is -2.13. The number of aromatic nitrogens is 3. The van der Waals surface area contributed by atoms with Crippen LogP contribution in [0.15, 0.2) is 224 Å². The summed E-state index contributed by atoms with van der Waals surface area (Å²) >= 11 is 0. The molecule has 60 heavy (non-hydrogen) atoms. The number of hydrogen-bond acceptors (Lipinski definition) is 1. The summed E-state index contributed by atoms with van der Waals surface area (Å²) in [6.45, 7) is 0. The van der Waals surface area contributed by atoms with Crippen molar-refractivity contribution < 1.29 is 0 Å². The minimum absolute atomic E-state index is 0.948. The fourth-order valence-corrected chi connectivity index (χ4v) is 9.29. The van der Waals surface area contributed by atoms with Crippen molar-refractivity contribution in [2.75, 3.05) is 0 Å². The second-order valence-electron chi connectivity index (χ2n) is 15.6. The molecule has 0 saturated heterocycles. The molecular formula is C57H37N3. The summed E-state index contributed by atoms with van der Waals surface area (Å²) in [5.74, 6) is 0. The lowest BCUT2D eigenvalue weighted by molar-refractivity contribution is 1.16. The molecule has 9 aromatic carbocycles. The van der Waals surface area contributed by atoms with Gasteiger partial charge in [-0.2, -0.15) is 0 Å². The van der Waals surface area contributed by atoms with Gasteiger partial charge >= 0.3 is 0 Å². The van der Waals surface area contributed by atoms with Crippen LogP contribution >= 0.6 is 0 Å². The van der Waals surface area contributed by atoms with E-state index in [-0.39, 0.29) is 0 Å². The molecule has 12 aromatic rings. The summed E-state index contributed by atoms with van der Waals surface area (Å²) in [4.78, 5) is 5.24. The van der Waals surface area contributed by atoms with Crippen molar-refractivity contribution in [3.05, 3.63) is 224 Å². The van der Waals surface area contributed by atoms with E-state index in [1.165, 1.54) is 59.9 Å². The molecule has 280 valence electrons. The topological polar surface area (TPSA) is 22.8 Å². The van der Waals surface area contributed by atoms with Gasteiger partial charge < -0.3 is 9.13 Å². The molecule has 0 spiro atoms. The summed E-state index contributed by atoms with van der Waals surface area (Å²) in [7, 11) is 0. The predicted octanol–water partition coefficient (Wildman–Crippen LogP) is 15.1. The number of hydrogen-bond donors (Lipinski definition) is 0. The molecule has 0 fully saturated rings. The van der Waals surface area contributed by atoms with E-state index >= 15 is 0 Å². The van der Waals surface area contributed by atoms with Crippen molar-refractivity contribution in [3.8, 4) is 56.1 Å². The molecule has 0 unspecified atom stereocenters. The van der Waals surface area contributed by atoms with Crippen molar-refractivity contribution in [2.24, 2.45) is 0 Å². The first-order chi connectivity index (χ1) is 29.7. The molecule has 12 rings (SSSR count). The second-order valence-corrected chi connectivity index (χ2v) is 15.6. The zero-order valence-electron chi connectivity index (χ0n) is 32.7. The third kappa shape index (κ3) is 5.55. The van der Waals surface area contributed by atoms with Crippen molar-refractivity contribution in [2.45, 2.75) is 0 Å². The first-order valence-corrected chi connectivity index (χ1v) is 20.5. The molecular weight excluding hydrogens is 727 g/mol. The van der Waals surface area contributed by atoms with Crippen LogP contribution in [0.25, 0.3) is 111 Å². The Bertz CT molecular complexity index is 3570. The van der Waals surface area contributed by atoms with Crippen LogP contribution in [0.5, 0.6) is 0 Å². The van der Waals surface area contributed by atoms with Crippen molar-refractivity contribution in [1.29, 1.82) is 0 Å². The minimum atomic E-state index is 0.948. The summed E-state index contributed by atoms with van der Waals surface area (Å²) in [5, 5.41) is 7.47. The van der Waals surface area contributed by atoms with Crippen LogP contribution in [-0.4, -0.2) is 14.1 Å². The molecule has 0 aliphatic carbocycles. The monoisotopic (exact) mass is 763 g/mol. The number of para-hydroxylation sites is 3. The van der Waals surface area contributed by atoms with Gasteiger partial charge in [0, 0.05) is 44.0 Å². The Labute approximate surface area is 347 Å². The maximum Gasteiger partial charge on any atom is 0.0715 e. The van der Waals surface area contributed by atoms with Crippen LogP contribution in [0.3, 0.4) is 0 Å². The molecule has 0 atom stereocenters. The second kappa shape index (κ2) is 13.8. The maximum absolute atomic E-state index is 5.24. The van der Waals surface area contributed by atoms with E-state index in [9.17, 15) is 0 Å². The molecule has 0 bridgehead atoms. The molecule has 0 aliphatic rings. The molecule has 0 amide bonds. The van der Waals surface area contributed by atoms with Gasteiger partial charge in [0.25, 0.3) is 0 Å². The summed E-state index contributed by atoms with van der Waals surface area (Å²) < 4.78 is 4.84. The van der Waals surface area contributed by atoms with E-state index in [0.29, 0.717) is 0 Å². The van der Waals surface area contributed by atoms with Gasteiger partial charge in [-0.3, -0.25) is 0 Å². The van der Waals surface area contributed by atoms with Gasteiger partial charge in [0.05, 0.1) is 33.5 Å². The van der Waals surface area contributed by atoms with E-state index < -0.39 is 0 Å². The van der Waals surface area contributed by atoms with Crippen molar-refractivity contribution in [3.63, 3.8) is 0 Å². The van der Waals surface area contributed by atoms with Crippen LogP contribution < -0.4 is 0 Å². The quantitative estimate of drug-likeness (QED) is 0.165. The highest BCUT2D eigenvalue weighted by atomic mass is 15.0. The Kier molecular flexibility index (Phi) is 7.85. The third-order valence-electron chi connectivity index (χ3n) is 12.1. The summed E-state index contributed by atoms with van der Waals surface area (Å²) in [6.07, 6.45) is 0. The number of rotatable bonds is 6. The average Bonchev–Trinajstić information content (AvgIpc) is 3.83. The number of benzene rings is 9. The standard InChI is InChI=1S/C57H37N3/c1-3-16-40(17-4-1)52-34-43(47-26-14-18-39-15-7-8-23-46(39)47)35-53(58-52)41-31-29-38(30-32-41)42-19-13-22-45(33-42)60-55-28-12-10-25-49(55)51-36-50-48-24-9-11-27-54(48)59(56(50)37-57(51)60)44-20-5-2-6-21-44/h1-37H. The molecule has 0 N–H and O–H groups in total. The largest absolute Gasteiger partial charge is 0.309 e. The third-order valence-corrected chi connectivity index (χ3v) is 12.1. The summed E-state index contributed by atoms with van der Waals surface area (Å²) in [5.41, 5.74) is 15.8. The highest BCUT2D eigenvalue weighted by Crippen LogP contribution is 2.40. The first kappa shape index (κ1) is 34.1. The van der Waals surface area contributed by atoms with E-state index in [1.807, 2.05) is 0 Å². The van der Waals surface area contributed by atoms with Crippen LogP contribution in [-0.2, 0) is 0 Å². The van der Waals surface area contributed by atoms with Gasteiger partial charge in [0.2, 0.25) is 0 Å². The molecule has 0 aliphatic heterocycles. The van der Waals surface area contributed by atoms with Gasteiger partial charge in [0.1, 0.15) is 0 Å². The van der Waals surface area contributed by atoms with Gasteiger partial charge in [-0.05, 0) is 93.7 Å². The van der Waals surface area contributed by atoms with E-state index in [2.05, 4.69) is 234 Å². The number of pyridine rings is 1. The highest BCUT2D eigenvalue weighted by Gasteiger charge is 2.19. The van der Waals surface area contributed by atoms with Gasteiger partial charge in [0.15, 0.2) is 0 Å². The number of fused-ring (bicyclic) bond motifs is 7. The molecule has 3 heterocycles. The first-order valence-electron chi connectivity index (χ1n) is 20.5. The predicted molar refractivity (Wildman–Crippen MR) is 252 cm³/mol. The molecule has 3 aromatic heterocycles. The Hall–Kier alpha value is -8.01. The van der Waals surface area contributed by atoms with E-state index in [4.69, 9.17) is 4.98 Å². The van der Waals surface area contributed by atoms with E-state index in [0.717, 1.165) is 50.6 Å². The normalized spacial score (nSPS) is 11.7. The van der Waals surface area contributed by atoms with Crippen LogP contribution in [0, 0.1) is 0 Å². The van der Waals surface area contributed by atoms with Gasteiger partial charge in [-0.15, -0.1) is 0 Å². The Morgan fingerprint density at radius 1 is 0.267 bits per heavy atom. The molecule has 3 nitrogen and oxygen atoms in total. The minimum Gasteiger partial charge on any atom is -0.309 e. The SMILES string of the molecule is c1ccc(-c2cc(-c3cccc4ccccc34)cc(-c3ccc(-c4cccc(-n5c6ccccc6c6cc7c8ccccc8n(-c8ccccc8)c7cc65)c4)cc3)n2)cc1. The zero-order chi connectivity index (χ0) is 39.6. The Balaban J connectivity index is 0.980. The lowest BCUT2D eigenvalue weighted by atomic mass is 9.95. The molecule has 0 radical (unpaired) electrons. The average molecular weight is 764 g/mol. The smallest absolute Gasteiger partial charge is 0.0715 e. The van der Waals surface area contributed by atoms with Crippen molar-refractivity contribution in [1.82, 2.24) is 14.1 Å². The highest BCUT2D eigenvalue weighted by molar-refractivity contribution is 6.19. The zero-order valence-corrected chi connectivity index (χ0v) is 32.7.